The Hall–Kier alpha value is -1.93. The van der Waals surface area contributed by atoms with E-state index in [4.69, 9.17) is 4.98 Å². The fraction of sp³-hybridized carbons (Fsp3) is 0.190. The lowest BCUT2D eigenvalue weighted by atomic mass is 10.1. The second-order valence-electron chi connectivity index (χ2n) is 6.66. The molecule has 0 saturated heterocycles. The monoisotopic (exact) mass is 491 g/mol. The summed E-state index contributed by atoms with van der Waals surface area (Å²) in [5.74, 6) is 0.554. The van der Waals surface area contributed by atoms with Gasteiger partial charge in [0, 0.05) is 19.8 Å². The summed E-state index contributed by atoms with van der Waals surface area (Å²) in [6.45, 7) is 8.31. The van der Waals surface area contributed by atoms with Crippen LogP contribution in [0.2, 0.25) is 0 Å². The van der Waals surface area contributed by atoms with Gasteiger partial charge in [-0.2, -0.15) is 0 Å². The van der Waals surface area contributed by atoms with Gasteiger partial charge in [-0.05, 0) is 73.5 Å². The highest BCUT2D eigenvalue weighted by Gasteiger charge is 2.23. The molecule has 0 aliphatic heterocycles. The lowest BCUT2D eigenvalue weighted by Crippen LogP contribution is -2.02. The van der Waals surface area contributed by atoms with Crippen molar-refractivity contribution in [2.24, 2.45) is 0 Å². The number of fused-ring (bicyclic) bond motifs is 1. The molecular formula is C21H19FIN3S. The van der Waals surface area contributed by atoms with E-state index in [2.05, 4.69) is 72.1 Å². The number of aryl methyl sites for hydroxylation is 4. The molecule has 0 aliphatic rings. The van der Waals surface area contributed by atoms with Crippen molar-refractivity contribution in [2.75, 3.05) is 5.32 Å². The van der Waals surface area contributed by atoms with Crippen LogP contribution in [0.4, 0.5) is 15.9 Å². The fourth-order valence-electron chi connectivity index (χ4n) is 3.29. The van der Waals surface area contributed by atoms with Gasteiger partial charge in [-0.3, -0.25) is 4.40 Å². The molecule has 0 unspecified atom stereocenters. The second kappa shape index (κ2) is 6.91. The minimum atomic E-state index is -0.258. The normalized spacial score (nSPS) is 11.3. The number of rotatable bonds is 3. The van der Waals surface area contributed by atoms with E-state index < -0.39 is 0 Å². The lowest BCUT2D eigenvalue weighted by Gasteiger charge is -2.15. The molecule has 4 rings (SSSR count). The van der Waals surface area contributed by atoms with Gasteiger partial charge in [0.15, 0.2) is 4.96 Å². The van der Waals surface area contributed by atoms with Gasteiger partial charge in [0.1, 0.15) is 17.3 Å². The number of halogens is 2. The van der Waals surface area contributed by atoms with Crippen molar-refractivity contribution < 1.29 is 4.39 Å². The molecule has 3 nitrogen and oxygen atoms in total. The average molecular weight is 491 g/mol. The number of thiazole rings is 1. The summed E-state index contributed by atoms with van der Waals surface area (Å²) in [6.07, 6.45) is 0. The molecular weight excluding hydrogens is 472 g/mol. The molecule has 0 radical (unpaired) electrons. The summed E-state index contributed by atoms with van der Waals surface area (Å²) < 4.78 is 17.7. The Kier molecular flexibility index (Phi) is 4.71. The molecule has 0 amide bonds. The van der Waals surface area contributed by atoms with E-state index in [0.717, 1.165) is 36.9 Å². The number of benzene rings is 2. The highest BCUT2D eigenvalue weighted by Crippen LogP contribution is 2.39. The van der Waals surface area contributed by atoms with Gasteiger partial charge in [-0.1, -0.05) is 24.3 Å². The van der Waals surface area contributed by atoms with Crippen molar-refractivity contribution in [3.63, 3.8) is 0 Å². The molecule has 2 aromatic carbocycles. The molecule has 4 aromatic rings. The number of anilines is 2. The summed E-state index contributed by atoms with van der Waals surface area (Å²) in [7, 11) is 0. The summed E-state index contributed by atoms with van der Waals surface area (Å²) in [5, 5.41) is 3.58. The molecule has 6 heteroatoms. The largest absolute Gasteiger partial charge is 0.339 e. The number of hydrogen-bond acceptors (Lipinski definition) is 3. The Morgan fingerprint density at radius 1 is 1.04 bits per heavy atom. The van der Waals surface area contributed by atoms with Gasteiger partial charge in [0.25, 0.3) is 0 Å². The van der Waals surface area contributed by atoms with E-state index in [1.807, 2.05) is 12.1 Å². The van der Waals surface area contributed by atoms with Gasteiger partial charge >= 0.3 is 0 Å². The number of nitrogens with one attached hydrogen (secondary N) is 1. The number of aromatic nitrogens is 2. The van der Waals surface area contributed by atoms with E-state index in [9.17, 15) is 4.39 Å². The Labute approximate surface area is 175 Å². The highest BCUT2D eigenvalue weighted by molar-refractivity contribution is 14.1. The standard InChI is InChI=1S/C21H19FIN3S/c1-11-7-5-8-12(2)18(11)24-20-19(17-15(22)9-6-10-16(17)23)25-21-26(20)13(3)14(4)27-21/h5-10,24H,1-4H3. The lowest BCUT2D eigenvalue weighted by molar-refractivity contribution is 0.630. The minimum Gasteiger partial charge on any atom is -0.339 e. The zero-order valence-electron chi connectivity index (χ0n) is 15.5. The summed E-state index contributed by atoms with van der Waals surface area (Å²) in [6, 6.07) is 11.3. The first-order valence-electron chi connectivity index (χ1n) is 8.64. The third kappa shape index (κ3) is 3.04. The molecule has 0 spiro atoms. The van der Waals surface area contributed by atoms with Crippen LogP contribution < -0.4 is 5.32 Å². The Morgan fingerprint density at radius 2 is 1.70 bits per heavy atom. The van der Waals surface area contributed by atoms with E-state index in [1.54, 1.807) is 17.4 Å². The van der Waals surface area contributed by atoms with Crippen LogP contribution in [0.3, 0.4) is 0 Å². The van der Waals surface area contributed by atoms with Crippen LogP contribution >= 0.6 is 33.9 Å². The summed E-state index contributed by atoms with van der Waals surface area (Å²) in [4.78, 5) is 6.89. The predicted molar refractivity (Wildman–Crippen MR) is 120 cm³/mol. The van der Waals surface area contributed by atoms with Crippen LogP contribution in [0.25, 0.3) is 16.2 Å². The van der Waals surface area contributed by atoms with E-state index in [-0.39, 0.29) is 5.82 Å². The van der Waals surface area contributed by atoms with Crippen molar-refractivity contribution >= 4 is 50.4 Å². The van der Waals surface area contributed by atoms with Crippen LogP contribution in [0, 0.1) is 37.1 Å². The van der Waals surface area contributed by atoms with Crippen molar-refractivity contribution in [3.05, 3.63) is 67.5 Å². The highest BCUT2D eigenvalue weighted by atomic mass is 127. The molecule has 0 saturated carbocycles. The predicted octanol–water partition coefficient (Wildman–Crippen LogP) is 6.78. The van der Waals surface area contributed by atoms with Crippen LogP contribution in [0.15, 0.2) is 36.4 Å². The zero-order chi connectivity index (χ0) is 19.3. The zero-order valence-corrected chi connectivity index (χ0v) is 18.5. The van der Waals surface area contributed by atoms with E-state index in [0.29, 0.717) is 11.3 Å². The second-order valence-corrected chi connectivity index (χ2v) is 9.00. The van der Waals surface area contributed by atoms with Crippen molar-refractivity contribution in [1.82, 2.24) is 9.38 Å². The molecule has 1 N–H and O–H groups in total. The van der Waals surface area contributed by atoms with Crippen LogP contribution in [-0.2, 0) is 0 Å². The first kappa shape index (κ1) is 18.4. The molecule has 2 aromatic heterocycles. The number of para-hydroxylation sites is 1. The number of nitrogens with zero attached hydrogens (tertiary/aromatic N) is 2. The van der Waals surface area contributed by atoms with E-state index >= 15 is 0 Å². The smallest absolute Gasteiger partial charge is 0.196 e. The maximum absolute atomic E-state index is 14.7. The molecule has 0 bridgehead atoms. The summed E-state index contributed by atoms with van der Waals surface area (Å²) in [5.41, 5.74) is 5.63. The molecule has 138 valence electrons. The van der Waals surface area contributed by atoms with Crippen LogP contribution in [-0.4, -0.2) is 9.38 Å². The maximum Gasteiger partial charge on any atom is 0.196 e. The quantitative estimate of drug-likeness (QED) is 0.320. The SMILES string of the molecule is Cc1cccc(C)c1Nc1c(-c2c(F)cccc2I)nc2sc(C)c(C)n12. The maximum atomic E-state index is 14.7. The van der Waals surface area contributed by atoms with Crippen molar-refractivity contribution in [3.8, 4) is 11.3 Å². The topological polar surface area (TPSA) is 29.3 Å². The van der Waals surface area contributed by atoms with E-state index in [1.165, 1.54) is 10.9 Å². The first-order chi connectivity index (χ1) is 12.9. The minimum absolute atomic E-state index is 0.258. The van der Waals surface area contributed by atoms with Gasteiger partial charge < -0.3 is 5.32 Å². The molecule has 0 fully saturated rings. The Morgan fingerprint density at radius 3 is 2.37 bits per heavy atom. The van der Waals surface area contributed by atoms with Gasteiger partial charge in [0.05, 0.1) is 5.56 Å². The molecule has 0 aliphatic carbocycles. The van der Waals surface area contributed by atoms with Gasteiger partial charge in [-0.15, -0.1) is 11.3 Å². The average Bonchev–Trinajstić information content (AvgIpc) is 3.08. The first-order valence-corrected chi connectivity index (χ1v) is 10.5. The van der Waals surface area contributed by atoms with Gasteiger partial charge in [-0.25, -0.2) is 9.37 Å². The Bertz CT molecular complexity index is 1140. The molecule has 27 heavy (non-hydrogen) atoms. The Balaban J connectivity index is 2.02. The summed E-state index contributed by atoms with van der Waals surface area (Å²) >= 11 is 3.80. The van der Waals surface area contributed by atoms with Crippen molar-refractivity contribution in [2.45, 2.75) is 27.7 Å². The third-order valence-electron chi connectivity index (χ3n) is 4.86. The molecule has 0 atom stereocenters. The number of hydrogen-bond donors (Lipinski definition) is 1. The molecule has 2 heterocycles. The third-order valence-corrected chi connectivity index (χ3v) is 6.82. The van der Waals surface area contributed by atoms with Gasteiger partial charge in [0.2, 0.25) is 0 Å². The van der Waals surface area contributed by atoms with Crippen LogP contribution in [0.1, 0.15) is 21.7 Å². The fourth-order valence-corrected chi connectivity index (χ4v) is 4.98. The number of imidazole rings is 1. The van der Waals surface area contributed by atoms with Crippen molar-refractivity contribution in [1.29, 1.82) is 0 Å². The van der Waals surface area contributed by atoms with Crippen LogP contribution in [0.5, 0.6) is 0 Å².